The zero-order valence-electron chi connectivity index (χ0n) is 34.9. The molecule has 8 rings (SSSR count). The number of ether oxygens (including phenoxy) is 1. The van der Waals surface area contributed by atoms with Crippen molar-refractivity contribution in [1.82, 2.24) is 34.9 Å². The number of nitrogens with zero attached hydrogens (tertiary/aromatic N) is 7. The number of rotatable bonds is 14. The SMILES string of the molecule is C=C1CCC(N2C(=O)c3cccc(NCCOCCC(=O)N4CCC(c5ccc(Nc6nc(N7CCC[C@@H](N8CCN(C)C8=O)C7)cnc6C(N)=O)cc5)CC4)c3C2=O)C(=O)N1. The van der Waals surface area contributed by atoms with Crippen molar-refractivity contribution in [3.63, 3.8) is 0 Å². The van der Waals surface area contributed by atoms with Gasteiger partial charge in [-0.3, -0.25) is 28.9 Å². The van der Waals surface area contributed by atoms with Crippen molar-refractivity contribution in [3.8, 4) is 0 Å². The van der Waals surface area contributed by atoms with Gasteiger partial charge in [0.05, 0.1) is 43.0 Å². The van der Waals surface area contributed by atoms with E-state index in [2.05, 4.69) is 32.4 Å². The van der Waals surface area contributed by atoms with Crippen LogP contribution in [0, 0.1) is 0 Å². The highest BCUT2D eigenvalue weighted by Gasteiger charge is 2.45. The number of nitrogens with two attached hydrogens (primary N) is 1. The van der Waals surface area contributed by atoms with Crippen LogP contribution >= 0.6 is 0 Å². The van der Waals surface area contributed by atoms with Gasteiger partial charge in [0.25, 0.3) is 17.7 Å². The van der Waals surface area contributed by atoms with Crippen LogP contribution in [0.3, 0.4) is 0 Å². The fourth-order valence-corrected chi connectivity index (χ4v) is 9.08. The minimum absolute atomic E-state index is 0.0298. The molecule has 18 nitrogen and oxygen atoms in total. The van der Waals surface area contributed by atoms with Gasteiger partial charge in [-0.2, -0.15) is 0 Å². The van der Waals surface area contributed by atoms with E-state index in [4.69, 9.17) is 15.5 Å². The number of carbonyl (C=O) groups is 6. The molecule has 326 valence electrons. The third kappa shape index (κ3) is 8.77. The molecule has 3 aromatic rings. The molecule has 18 heteroatoms. The maximum Gasteiger partial charge on any atom is 0.320 e. The second-order valence-electron chi connectivity index (χ2n) is 16.5. The van der Waals surface area contributed by atoms with Gasteiger partial charge in [-0.05, 0) is 74.3 Å². The maximum atomic E-state index is 13.4. The number of imide groups is 1. The fourth-order valence-electron chi connectivity index (χ4n) is 9.08. The first-order valence-corrected chi connectivity index (χ1v) is 21.4. The number of hydrogen-bond donors (Lipinski definition) is 4. The maximum absolute atomic E-state index is 13.4. The average Bonchev–Trinajstić information content (AvgIpc) is 3.75. The number of anilines is 4. The Hall–Kier alpha value is -6.56. The van der Waals surface area contributed by atoms with E-state index in [-0.39, 0.29) is 66.2 Å². The van der Waals surface area contributed by atoms with Gasteiger partial charge >= 0.3 is 6.03 Å². The molecule has 2 aromatic carbocycles. The second-order valence-corrected chi connectivity index (χ2v) is 16.5. The van der Waals surface area contributed by atoms with Crippen LogP contribution in [0.5, 0.6) is 0 Å². The largest absolute Gasteiger partial charge is 0.382 e. The molecule has 0 spiro atoms. The van der Waals surface area contributed by atoms with Crippen molar-refractivity contribution < 1.29 is 33.5 Å². The number of amides is 7. The third-order valence-electron chi connectivity index (χ3n) is 12.5. The van der Waals surface area contributed by atoms with Crippen LogP contribution in [0.2, 0.25) is 0 Å². The molecular weight excluding hydrogens is 795 g/mol. The van der Waals surface area contributed by atoms with Crippen molar-refractivity contribution >= 4 is 58.6 Å². The second kappa shape index (κ2) is 18.2. The summed E-state index contributed by atoms with van der Waals surface area (Å²) in [6, 6.07) is 12.2. The Labute approximate surface area is 359 Å². The van der Waals surface area contributed by atoms with E-state index in [1.807, 2.05) is 41.1 Å². The number of carbonyl (C=O) groups excluding carboxylic acids is 6. The van der Waals surface area contributed by atoms with E-state index >= 15 is 0 Å². The number of primary amides is 1. The monoisotopic (exact) mass is 847 g/mol. The quantitative estimate of drug-likeness (QED) is 0.136. The average molecular weight is 848 g/mol. The van der Waals surface area contributed by atoms with Crippen LogP contribution in [-0.2, 0) is 14.3 Å². The third-order valence-corrected chi connectivity index (χ3v) is 12.5. The van der Waals surface area contributed by atoms with E-state index in [0.29, 0.717) is 69.3 Å². The fraction of sp³-hybridized carbons (Fsp3) is 0.455. The lowest BCUT2D eigenvalue weighted by Crippen LogP contribution is -2.51. The standard InChI is InChI=1S/C44H53N11O7/c1-27-8-13-34(41(58)48-27)55-42(59)32-6-3-7-33(37(32)43(55)60)46-17-24-62-23-16-36(56)52-19-14-29(15-20-52)28-9-11-30(12-10-28)49-40-38(39(45)57)47-25-35(50-40)53-18-4-5-31(26-53)54-22-21-51(2)44(54)61/h3,6-7,9-12,25,29,31,34,46H,1,4-5,8,13-24,26H2,2H3,(H2,45,57)(H,48,58)(H,49,50)/t31-,34?/m1/s1. The lowest BCUT2D eigenvalue weighted by molar-refractivity contribution is -0.133. The normalized spacial score (nSPS) is 20.8. The Balaban J connectivity index is 0.774. The van der Waals surface area contributed by atoms with Crippen LogP contribution < -0.4 is 26.6 Å². The van der Waals surface area contributed by atoms with Crippen LogP contribution in [0.25, 0.3) is 0 Å². The molecule has 5 aliphatic heterocycles. The van der Waals surface area contributed by atoms with Gasteiger partial charge in [0.2, 0.25) is 11.8 Å². The van der Waals surface area contributed by atoms with Crippen molar-refractivity contribution in [1.29, 1.82) is 0 Å². The summed E-state index contributed by atoms with van der Waals surface area (Å²) in [7, 11) is 1.82. The molecule has 0 radical (unpaired) electrons. The van der Waals surface area contributed by atoms with Gasteiger partial charge in [0.15, 0.2) is 11.5 Å². The minimum atomic E-state index is -0.883. The molecule has 2 atom stereocenters. The summed E-state index contributed by atoms with van der Waals surface area (Å²) < 4.78 is 5.77. The number of likely N-dealkylation sites (tertiary alicyclic amines) is 1. The van der Waals surface area contributed by atoms with Crippen LogP contribution in [-0.4, -0.2) is 143 Å². The van der Waals surface area contributed by atoms with Gasteiger partial charge in [-0.1, -0.05) is 24.8 Å². The molecule has 0 aliphatic carbocycles. The number of fused-ring (bicyclic) bond motifs is 1. The Morgan fingerprint density at radius 2 is 1.74 bits per heavy atom. The van der Waals surface area contributed by atoms with Gasteiger partial charge in [0, 0.05) is 69.9 Å². The summed E-state index contributed by atoms with van der Waals surface area (Å²) in [4.78, 5) is 95.0. The highest BCUT2D eigenvalue weighted by molar-refractivity contribution is 6.25. The van der Waals surface area contributed by atoms with Crippen molar-refractivity contribution in [2.45, 2.75) is 62.9 Å². The van der Waals surface area contributed by atoms with Crippen LogP contribution in [0.4, 0.5) is 27.8 Å². The molecule has 0 saturated carbocycles. The minimum Gasteiger partial charge on any atom is -0.382 e. The number of likely N-dealkylation sites (N-methyl/N-ethyl adjacent to an activating group) is 1. The van der Waals surface area contributed by atoms with Crippen molar-refractivity contribution in [2.24, 2.45) is 5.73 Å². The molecule has 62 heavy (non-hydrogen) atoms. The van der Waals surface area contributed by atoms with Gasteiger partial charge in [-0.15, -0.1) is 0 Å². The van der Waals surface area contributed by atoms with Crippen LogP contribution in [0.15, 0.2) is 60.9 Å². The Kier molecular flexibility index (Phi) is 12.4. The van der Waals surface area contributed by atoms with Gasteiger partial charge < -0.3 is 46.0 Å². The first-order chi connectivity index (χ1) is 30.0. The number of piperidine rings is 3. The molecule has 7 amide bonds. The highest BCUT2D eigenvalue weighted by Crippen LogP contribution is 2.34. The molecular formula is C44H53N11O7. The summed E-state index contributed by atoms with van der Waals surface area (Å²) >= 11 is 0. The zero-order valence-corrected chi connectivity index (χ0v) is 34.9. The van der Waals surface area contributed by atoms with E-state index in [1.165, 1.54) is 0 Å². The van der Waals surface area contributed by atoms with E-state index < -0.39 is 29.7 Å². The summed E-state index contributed by atoms with van der Waals surface area (Å²) in [5.74, 6) is -0.903. The lowest BCUT2D eigenvalue weighted by atomic mass is 9.89. The van der Waals surface area contributed by atoms with Crippen molar-refractivity contribution in [2.75, 3.05) is 81.6 Å². The predicted octanol–water partition coefficient (Wildman–Crippen LogP) is 3.27. The van der Waals surface area contributed by atoms with Gasteiger partial charge in [0.1, 0.15) is 11.9 Å². The molecule has 4 saturated heterocycles. The van der Waals surface area contributed by atoms with Gasteiger partial charge in [-0.25, -0.2) is 14.8 Å². The predicted molar refractivity (Wildman–Crippen MR) is 230 cm³/mol. The zero-order chi connectivity index (χ0) is 43.5. The Bertz CT molecular complexity index is 2260. The molecule has 0 bridgehead atoms. The molecule has 4 fully saturated rings. The summed E-state index contributed by atoms with van der Waals surface area (Å²) in [6.45, 7) is 8.73. The Morgan fingerprint density at radius 1 is 0.952 bits per heavy atom. The lowest BCUT2D eigenvalue weighted by Gasteiger charge is -2.37. The molecule has 5 aliphatic rings. The molecule has 6 heterocycles. The van der Waals surface area contributed by atoms with E-state index in [1.54, 1.807) is 29.3 Å². The molecule has 1 aromatic heterocycles. The number of aromatic nitrogens is 2. The summed E-state index contributed by atoms with van der Waals surface area (Å²) in [5.41, 5.74) is 9.17. The Morgan fingerprint density at radius 3 is 2.47 bits per heavy atom. The van der Waals surface area contributed by atoms with E-state index in [9.17, 15) is 28.8 Å². The number of benzene rings is 2. The topological polar surface area (TPSA) is 216 Å². The summed E-state index contributed by atoms with van der Waals surface area (Å²) in [6.07, 6.45) is 6.09. The molecule has 5 N–H and O–H groups in total. The van der Waals surface area contributed by atoms with E-state index in [0.717, 1.165) is 48.4 Å². The smallest absolute Gasteiger partial charge is 0.320 e. The number of nitrogens with one attached hydrogen (secondary N) is 3. The number of allylic oxidation sites excluding steroid dienone is 1. The number of hydrogen-bond acceptors (Lipinski definition) is 12. The summed E-state index contributed by atoms with van der Waals surface area (Å²) in [5, 5.41) is 9.08. The van der Waals surface area contributed by atoms with Crippen molar-refractivity contribution in [3.05, 3.63) is 83.3 Å². The highest BCUT2D eigenvalue weighted by atomic mass is 16.5. The number of urea groups is 1. The first kappa shape index (κ1) is 42.1. The molecule has 1 unspecified atom stereocenters. The van der Waals surface area contributed by atoms with Crippen LogP contribution in [0.1, 0.15) is 87.6 Å². The first-order valence-electron chi connectivity index (χ1n) is 21.4.